The fourth-order valence-corrected chi connectivity index (χ4v) is 1.35. The third-order valence-electron chi connectivity index (χ3n) is 1.99. The van der Waals surface area contributed by atoms with Crippen LogP contribution in [0.2, 0.25) is 0 Å². The van der Waals surface area contributed by atoms with Crippen molar-refractivity contribution in [1.82, 2.24) is 0 Å². The molecular weight excluding hydrogens is 132 g/mol. The molecule has 0 heteroatoms. The molecule has 0 fully saturated rings. The lowest BCUT2D eigenvalue weighted by atomic mass is 9.96. The Morgan fingerprint density at radius 2 is 2.18 bits per heavy atom. The van der Waals surface area contributed by atoms with E-state index in [-0.39, 0.29) is 0 Å². The van der Waals surface area contributed by atoms with E-state index in [0.717, 1.165) is 6.42 Å². The molecule has 1 radical (unpaired) electrons. The average Bonchev–Trinajstić information content (AvgIpc) is 2.04. The molecule has 0 saturated heterocycles. The van der Waals surface area contributed by atoms with Gasteiger partial charge in [-0.2, -0.15) is 0 Å². The van der Waals surface area contributed by atoms with Gasteiger partial charge >= 0.3 is 0 Å². The van der Waals surface area contributed by atoms with Crippen LogP contribution in [0.5, 0.6) is 0 Å². The van der Waals surface area contributed by atoms with Crippen LogP contribution in [-0.4, -0.2) is 0 Å². The molecule has 11 heavy (non-hydrogen) atoms. The maximum atomic E-state index is 3.11. The summed E-state index contributed by atoms with van der Waals surface area (Å²) in [5.74, 6) is 0.638. The van der Waals surface area contributed by atoms with Crippen LogP contribution >= 0.6 is 0 Å². The van der Waals surface area contributed by atoms with Crippen LogP contribution in [0.15, 0.2) is 18.2 Å². The molecule has 1 rings (SSSR count). The Morgan fingerprint density at radius 1 is 1.45 bits per heavy atom. The Labute approximate surface area is 69.3 Å². The highest BCUT2D eigenvalue weighted by molar-refractivity contribution is 5.28. The summed E-state index contributed by atoms with van der Waals surface area (Å²) in [5.41, 5.74) is 2.90. The van der Waals surface area contributed by atoms with Gasteiger partial charge in [-0.05, 0) is 29.5 Å². The largest absolute Gasteiger partial charge is 0.0613 e. The van der Waals surface area contributed by atoms with Crippen LogP contribution in [0, 0.1) is 6.07 Å². The molecule has 0 unspecified atom stereocenters. The second kappa shape index (κ2) is 3.56. The van der Waals surface area contributed by atoms with Gasteiger partial charge in [-0.3, -0.25) is 0 Å². The van der Waals surface area contributed by atoms with Gasteiger partial charge in [-0.25, -0.2) is 0 Å². The zero-order valence-electron chi connectivity index (χ0n) is 7.52. The normalized spacial score (nSPS) is 10.5. The van der Waals surface area contributed by atoms with Gasteiger partial charge < -0.3 is 0 Å². The molecule has 0 aliphatic rings. The number of benzene rings is 1. The lowest BCUT2D eigenvalue weighted by Gasteiger charge is -2.09. The highest BCUT2D eigenvalue weighted by Gasteiger charge is 2.02. The number of hydrogen-bond acceptors (Lipinski definition) is 0. The van der Waals surface area contributed by atoms with E-state index in [2.05, 4.69) is 39.0 Å². The molecule has 1 aromatic rings. The summed E-state index contributed by atoms with van der Waals surface area (Å²) in [6, 6.07) is 9.36. The van der Waals surface area contributed by atoms with Crippen molar-refractivity contribution in [2.45, 2.75) is 33.1 Å². The van der Waals surface area contributed by atoms with E-state index in [1.165, 1.54) is 11.1 Å². The number of hydrogen-bond donors (Lipinski definition) is 0. The molecule has 0 heterocycles. The molecule has 0 bridgehead atoms. The standard InChI is InChI=1S/C11H15/c1-4-10-7-5-6-8-11(10)9(2)3/h6-9H,4H2,1-3H3. The van der Waals surface area contributed by atoms with Gasteiger partial charge in [-0.15, -0.1) is 0 Å². The van der Waals surface area contributed by atoms with Crippen molar-refractivity contribution in [3.05, 3.63) is 35.4 Å². The van der Waals surface area contributed by atoms with Gasteiger partial charge in [0.05, 0.1) is 0 Å². The summed E-state index contributed by atoms with van der Waals surface area (Å²) in [4.78, 5) is 0. The van der Waals surface area contributed by atoms with Crippen molar-refractivity contribution in [3.63, 3.8) is 0 Å². The molecule has 0 aliphatic heterocycles. The Kier molecular flexibility index (Phi) is 2.70. The van der Waals surface area contributed by atoms with Crippen molar-refractivity contribution in [2.75, 3.05) is 0 Å². The third kappa shape index (κ3) is 1.83. The predicted octanol–water partition coefficient (Wildman–Crippen LogP) is 3.17. The first-order valence-electron chi connectivity index (χ1n) is 4.24. The Balaban J connectivity index is 3.02. The van der Waals surface area contributed by atoms with Gasteiger partial charge in [0.15, 0.2) is 0 Å². The zero-order valence-corrected chi connectivity index (χ0v) is 7.52. The van der Waals surface area contributed by atoms with Gasteiger partial charge in [0.25, 0.3) is 0 Å². The molecule has 0 aromatic heterocycles. The van der Waals surface area contributed by atoms with Gasteiger partial charge in [0, 0.05) is 0 Å². The molecule has 1 aromatic carbocycles. The minimum Gasteiger partial charge on any atom is -0.0613 e. The zero-order chi connectivity index (χ0) is 8.27. The van der Waals surface area contributed by atoms with Crippen molar-refractivity contribution >= 4 is 0 Å². The Hall–Kier alpha value is -0.780. The minimum absolute atomic E-state index is 0.638. The van der Waals surface area contributed by atoms with Gasteiger partial charge in [0.1, 0.15) is 0 Å². The van der Waals surface area contributed by atoms with E-state index in [4.69, 9.17) is 0 Å². The van der Waals surface area contributed by atoms with Crippen molar-refractivity contribution < 1.29 is 0 Å². The van der Waals surface area contributed by atoms with Crippen LogP contribution in [0.1, 0.15) is 37.8 Å². The SMILES string of the molecule is CCc1c[c]ccc1C(C)C. The molecule has 0 spiro atoms. The van der Waals surface area contributed by atoms with E-state index >= 15 is 0 Å². The summed E-state index contributed by atoms with van der Waals surface area (Å²) in [6.45, 7) is 6.65. The van der Waals surface area contributed by atoms with Crippen LogP contribution < -0.4 is 0 Å². The lowest BCUT2D eigenvalue weighted by molar-refractivity contribution is 0.844. The first kappa shape index (κ1) is 8.32. The van der Waals surface area contributed by atoms with Crippen molar-refractivity contribution in [3.8, 4) is 0 Å². The molecule has 0 N–H and O–H groups in total. The number of rotatable bonds is 2. The van der Waals surface area contributed by atoms with Crippen LogP contribution in [0.25, 0.3) is 0 Å². The maximum Gasteiger partial charge on any atom is -0.0181 e. The summed E-state index contributed by atoms with van der Waals surface area (Å²) < 4.78 is 0. The maximum absolute atomic E-state index is 3.11. The van der Waals surface area contributed by atoms with Crippen molar-refractivity contribution in [2.24, 2.45) is 0 Å². The van der Waals surface area contributed by atoms with E-state index < -0.39 is 0 Å². The highest BCUT2D eigenvalue weighted by Crippen LogP contribution is 2.18. The smallest absolute Gasteiger partial charge is 0.0181 e. The average molecular weight is 147 g/mol. The van der Waals surface area contributed by atoms with Crippen LogP contribution in [-0.2, 0) is 6.42 Å². The molecular formula is C11H15. The van der Waals surface area contributed by atoms with E-state index in [1.807, 2.05) is 6.07 Å². The fourth-order valence-electron chi connectivity index (χ4n) is 1.35. The van der Waals surface area contributed by atoms with Gasteiger partial charge in [0.2, 0.25) is 0 Å². The molecule has 0 atom stereocenters. The summed E-state index contributed by atoms with van der Waals surface area (Å²) in [5, 5.41) is 0. The highest BCUT2D eigenvalue weighted by atomic mass is 14.1. The fraction of sp³-hybridized carbons (Fsp3) is 0.455. The predicted molar refractivity (Wildman–Crippen MR) is 48.7 cm³/mol. The van der Waals surface area contributed by atoms with E-state index in [1.54, 1.807) is 0 Å². The summed E-state index contributed by atoms with van der Waals surface area (Å²) in [7, 11) is 0. The summed E-state index contributed by atoms with van der Waals surface area (Å²) >= 11 is 0. The third-order valence-corrected chi connectivity index (χ3v) is 1.99. The summed E-state index contributed by atoms with van der Waals surface area (Å²) in [6.07, 6.45) is 1.12. The molecule has 59 valence electrons. The second-order valence-electron chi connectivity index (χ2n) is 3.13. The second-order valence-corrected chi connectivity index (χ2v) is 3.13. The lowest BCUT2D eigenvalue weighted by Crippen LogP contribution is -1.93. The monoisotopic (exact) mass is 147 g/mol. The van der Waals surface area contributed by atoms with Gasteiger partial charge in [-0.1, -0.05) is 39.0 Å². The van der Waals surface area contributed by atoms with Crippen LogP contribution in [0.4, 0.5) is 0 Å². The van der Waals surface area contributed by atoms with E-state index in [0.29, 0.717) is 5.92 Å². The first-order valence-corrected chi connectivity index (χ1v) is 4.24. The molecule has 0 saturated carbocycles. The molecule has 0 nitrogen and oxygen atoms in total. The first-order chi connectivity index (χ1) is 5.25. The Bertz CT molecular complexity index is 223. The van der Waals surface area contributed by atoms with Crippen LogP contribution in [0.3, 0.4) is 0 Å². The van der Waals surface area contributed by atoms with E-state index in [9.17, 15) is 0 Å². The molecule has 0 amide bonds. The number of aryl methyl sites for hydroxylation is 1. The topological polar surface area (TPSA) is 0 Å². The minimum atomic E-state index is 0.638. The Morgan fingerprint density at radius 3 is 2.64 bits per heavy atom. The molecule has 0 aliphatic carbocycles. The quantitative estimate of drug-likeness (QED) is 0.602. The van der Waals surface area contributed by atoms with Crippen molar-refractivity contribution in [1.29, 1.82) is 0 Å².